The van der Waals surface area contributed by atoms with Crippen molar-refractivity contribution in [2.24, 2.45) is 0 Å². The maximum atomic E-state index is 12.2. The lowest BCUT2D eigenvalue weighted by Crippen LogP contribution is -2.28. The maximum Gasteiger partial charge on any atom is 0.321 e. The molecule has 38 heavy (non-hydrogen) atoms. The first-order chi connectivity index (χ1) is 18.2. The number of anilines is 1. The van der Waals surface area contributed by atoms with Gasteiger partial charge in [0.1, 0.15) is 5.60 Å². The highest BCUT2D eigenvalue weighted by Crippen LogP contribution is 2.38. The number of carbonyl (C=O) groups is 1. The number of amides is 2. The van der Waals surface area contributed by atoms with E-state index in [0.717, 1.165) is 57.7 Å². The van der Waals surface area contributed by atoms with Crippen LogP contribution in [0.1, 0.15) is 38.6 Å². The molecule has 1 atom stereocenters. The zero-order valence-electron chi connectivity index (χ0n) is 21.6. The number of fused-ring (bicyclic) bond motifs is 1. The van der Waals surface area contributed by atoms with Crippen molar-refractivity contribution in [1.82, 2.24) is 30.2 Å². The Balaban J connectivity index is 1.56. The summed E-state index contributed by atoms with van der Waals surface area (Å²) in [5.41, 5.74) is 3.97. The monoisotopic (exact) mass is 533 g/mol. The Morgan fingerprint density at radius 1 is 1.18 bits per heavy atom. The Morgan fingerprint density at radius 2 is 1.97 bits per heavy atom. The molecule has 1 unspecified atom stereocenters. The minimum absolute atomic E-state index is 0.273. The molecular formula is C27H31N7O3S. The summed E-state index contributed by atoms with van der Waals surface area (Å²) in [7, 11) is 0. The van der Waals surface area contributed by atoms with Crippen LogP contribution in [0.3, 0.4) is 0 Å². The molecule has 3 aromatic heterocycles. The molecule has 4 heterocycles. The van der Waals surface area contributed by atoms with Crippen LogP contribution in [-0.2, 0) is 12.1 Å². The summed E-state index contributed by atoms with van der Waals surface area (Å²) in [5.74, 6) is 0.339. The molecule has 1 saturated heterocycles. The molecule has 198 valence electrons. The second kappa shape index (κ2) is 10.7. The number of aliphatic hydroxyl groups is 2. The van der Waals surface area contributed by atoms with Crippen molar-refractivity contribution >= 4 is 32.7 Å². The highest BCUT2D eigenvalue weighted by Gasteiger charge is 2.22. The predicted octanol–water partition coefficient (Wildman–Crippen LogP) is 3.75. The van der Waals surface area contributed by atoms with Crippen molar-refractivity contribution in [3.8, 4) is 22.4 Å². The Bertz CT molecular complexity index is 1450. The number of rotatable bonds is 7. The molecule has 0 bridgehead atoms. The number of carbonyl (C=O) groups excluding carboxylic acids is 1. The first-order valence-corrected chi connectivity index (χ1v) is 13.4. The van der Waals surface area contributed by atoms with Gasteiger partial charge in [0.05, 0.1) is 22.0 Å². The van der Waals surface area contributed by atoms with Crippen LogP contribution in [-0.4, -0.2) is 66.8 Å². The quantitative estimate of drug-likeness (QED) is 0.282. The summed E-state index contributed by atoms with van der Waals surface area (Å²) in [5, 5.41) is 26.2. The topological polar surface area (TPSA) is 136 Å². The molecule has 4 aromatic rings. The first kappa shape index (κ1) is 26.1. The number of nitrogens with zero attached hydrogens (tertiary/aromatic N) is 5. The van der Waals surface area contributed by atoms with Gasteiger partial charge in [0.25, 0.3) is 0 Å². The molecule has 2 amide bonds. The van der Waals surface area contributed by atoms with Gasteiger partial charge in [0.15, 0.2) is 11.0 Å². The third-order valence-corrected chi connectivity index (χ3v) is 7.35. The van der Waals surface area contributed by atoms with E-state index in [4.69, 9.17) is 0 Å². The SMILES string of the molecule is CCNC(=O)Nc1nc2cc(-c3cnc(C(C)(C)O)nc3)cc(-c3cc(CN4CCC(O)C4)ccn3)c2s1. The Kier molecular flexibility index (Phi) is 7.35. The summed E-state index contributed by atoms with van der Waals surface area (Å²) in [6.07, 6.45) is 5.69. The zero-order chi connectivity index (χ0) is 26.9. The number of likely N-dealkylation sites (tertiary alicyclic amines) is 1. The van der Waals surface area contributed by atoms with Gasteiger partial charge in [-0.05, 0) is 62.6 Å². The molecule has 1 aliphatic rings. The molecule has 0 aliphatic carbocycles. The van der Waals surface area contributed by atoms with Gasteiger partial charge in [-0.15, -0.1) is 0 Å². The molecular weight excluding hydrogens is 502 g/mol. The number of β-amino-alcohol motifs (C(OH)–C–C–N with tert-alkyl or cyclic N) is 1. The zero-order valence-corrected chi connectivity index (χ0v) is 22.4. The van der Waals surface area contributed by atoms with Crippen molar-refractivity contribution in [2.45, 2.75) is 45.4 Å². The standard InChI is InChI=1S/C27H31N7O3S/c1-4-28-25(36)33-26-32-22-11-17(18-12-30-24(31-13-18)27(2,3)37)10-20(23(22)38-26)21-9-16(5-7-29-21)14-34-8-6-19(35)15-34/h5,7,9-13,19,35,37H,4,6,8,14-15H2,1-3H3,(H2,28,32,33,36). The fourth-order valence-electron chi connectivity index (χ4n) is 4.47. The normalized spacial score (nSPS) is 16.2. The highest BCUT2D eigenvalue weighted by atomic mass is 32.1. The average molecular weight is 534 g/mol. The summed E-state index contributed by atoms with van der Waals surface area (Å²) in [4.78, 5) is 32.5. The van der Waals surface area contributed by atoms with Gasteiger partial charge in [-0.3, -0.25) is 15.2 Å². The van der Waals surface area contributed by atoms with Crippen LogP contribution in [0.4, 0.5) is 9.93 Å². The smallest absolute Gasteiger partial charge is 0.321 e. The summed E-state index contributed by atoms with van der Waals surface area (Å²) in [6.45, 7) is 7.92. The second-order valence-corrected chi connectivity index (χ2v) is 11.0. The predicted molar refractivity (Wildman–Crippen MR) is 148 cm³/mol. The molecule has 0 spiro atoms. The molecule has 1 fully saturated rings. The van der Waals surface area contributed by atoms with Gasteiger partial charge in [-0.2, -0.15) is 0 Å². The lowest BCUT2D eigenvalue weighted by molar-refractivity contribution is 0.0687. The van der Waals surface area contributed by atoms with Crippen LogP contribution in [0.15, 0.2) is 42.9 Å². The lowest BCUT2D eigenvalue weighted by Gasteiger charge is -2.16. The van der Waals surface area contributed by atoms with Gasteiger partial charge < -0.3 is 15.5 Å². The number of nitrogens with one attached hydrogen (secondary N) is 2. The highest BCUT2D eigenvalue weighted by molar-refractivity contribution is 7.22. The first-order valence-electron chi connectivity index (χ1n) is 12.6. The van der Waals surface area contributed by atoms with Crippen LogP contribution in [0, 0.1) is 0 Å². The molecule has 10 nitrogen and oxygen atoms in total. The molecule has 1 aliphatic heterocycles. The molecule has 0 saturated carbocycles. The van der Waals surface area contributed by atoms with Gasteiger partial charge in [0, 0.05) is 55.9 Å². The fourth-order valence-corrected chi connectivity index (χ4v) is 5.44. The van der Waals surface area contributed by atoms with E-state index >= 15 is 0 Å². The van der Waals surface area contributed by atoms with Gasteiger partial charge in [-0.25, -0.2) is 19.7 Å². The van der Waals surface area contributed by atoms with Gasteiger partial charge in [0.2, 0.25) is 0 Å². The van der Waals surface area contributed by atoms with E-state index < -0.39 is 5.60 Å². The fraction of sp³-hybridized carbons (Fsp3) is 0.370. The Labute approximate surface area is 224 Å². The number of hydrogen-bond acceptors (Lipinski definition) is 9. The van der Waals surface area contributed by atoms with E-state index in [9.17, 15) is 15.0 Å². The van der Waals surface area contributed by atoms with Gasteiger partial charge >= 0.3 is 6.03 Å². The van der Waals surface area contributed by atoms with E-state index in [-0.39, 0.29) is 12.1 Å². The van der Waals surface area contributed by atoms with Crippen molar-refractivity contribution in [3.63, 3.8) is 0 Å². The number of thiazole rings is 1. The van der Waals surface area contributed by atoms with Crippen molar-refractivity contribution in [2.75, 3.05) is 25.0 Å². The summed E-state index contributed by atoms with van der Waals surface area (Å²) in [6, 6.07) is 7.72. The van der Waals surface area contributed by atoms with E-state index in [2.05, 4.69) is 41.5 Å². The molecule has 0 radical (unpaired) electrons. The number of pyridine rings is 1. The third-order valence-electron chi connectivity index (χ3n) is 6.33. The van der Waals surface area contributed by atoms with Crippen LogP contribution < -0.4 is 10.6 Å². The van der Waals surface area contributed by atoms with Crippen molar-refractivity contribution in [1.29, 1.82) is 0 Å². The number of urea groups is 1. The number of aliphatic hydroxyl groups excluding tert-OH is 1. The van der Waals surface area contributed by atoms with E-state index in [1.165, 1.54) is 11.3 Å². The lowest BCUT2D eigenvalue weighted by atomic mass is 10.0. The second-order valence-electron chi connectivity index (χ2n) is 9.96. The van der Waals surface area contributed by atoms with Crippen molar-refractivity contribution in [3.05, 3.63) is 54.2 Å². The van der Waals surface area contributed by atoms with E-state index in [1.807, 2.05) is 25.1 Å². The number of benzene rings is 1. The third kappa shape index (κ3) is 5.81. The number of hydrogen-bond donors (Lipinski definition) is 4. The molecule has 1 aromatic carbocycles. The van der Waals surface area contributed by atoms with Crippen LogP contribution in [0.5, 0.6) is 0 Å². The van der Waals surface area contributed by atoms with E-state index in [0.29, 0.717) is 24.0 Å². The maximum absolute atomic E-state index is 12.2. The minimum Gasteiger partial charge on any atom is -0.392 e. The van der Waals surface area contributed by atoms with Gasteiger partial charge in [-0.1, -0.05) is 11.3 Å². The largest absolute Gasteiger partial charge is 0.392 e. The van der Waals surface area contributed by atoms with Crippen molar-refractivity contribution < 1.29 is 15.0 Å². The summed E-state index contributed by atoms with van der Waals surface area (Å²) < 4.78 is 0.899. The Hall–Kier alpha value is -3.51. The van der Waals surface area contributed by atoms with Crippen LogP contribution in [0.25, 0.3) is 32.6 Å². The molecule has 5 rings (SSSR count). The van der Waals surface area contributed by atoms with E-state index in [1.54, 1.807) is 32.4 Å². The van der Waals surface area contributed by atoms with Crippen LogP contribution >= 0.6 is 11.3 Å². The average Bonchev–Trinajstić information content (AvgIpc) is 3.48. The minimum atomic E-state index is -1.14. The molecule has 11 heteroatoms. The number of aromatic nitrogens is 4. The summed E-state index contributed by atoms with van der Waals surface area (Å²) >= 11 is 1.39. The molecule has 4 N–H and O–H groups in total. The Morgan fingerprint density at radius 3 is 2.66 bits per heavy atom. The van der Waals surface area contributed by atoms with Crippen LogP contribution in [0.2, 0.25) is 0 Å².